The van der Waals surface area contributed by atoms with Gasteiger partial charge in [0.15, 0.2) is 18.9 Å². The van der Waals surface area contributed by atoms with E-state index >= 15 is 0 Å². The zero-order chi connectivity index (χ0) is 43.5. The highest BCUT2D eigenvalue weighted by atomic mass is 16.8. The van der Waals surface area contributed by atoms with Crippen LogP contribution in [0.2, 0.25) is 0 Å². The van der Waals surface area contributed by atoms with Gasteiger partial charge in [-0.15, -0.1) is 0 Å². The van der Waals surface area contributed by atoms with Crippen LogP contribution >= 0.6 is 0 Å². The Bertz CT molecular complexity index is 1600. The van der Waals surface area contributed by atoms with Crippen LogP contribution in [-0.2, 0) is 33.2 Å². The Morgan fingerprint density at radius 3 is 1.98 bits per heavy atom. The van der Waals surface area contributed by atoms with E-state index in [9.17, 15) is 40.9 Å². The lowest BCUT2D eigenvalue weighted by Crippen LogP contribution is -2.66. The maximum absolute atomic E-state index is 12.0. The van der Waals surface area contributed by atoms with Crippen molar-refractivity contribution >= 4 is 0 Å². The molecule has 8 fully saturated rings. The van der Waals surface area contributed by atoms with E-state index < -0.39 is 98.7 Å². The maximum atomic E-state index is 12.0. The van der Waals surface area contributed by atoms with Crippen LogP contribution < -0.4 is 5.32 Å². The highest BCUT2D eigenvalue weighted by Gasteiger charge is 2.68. The molecule has 61 heavy (non-hydrogen) atoms. The first-order valence-corrected chi connectivity index (χ1v) is 23.3. The van der Waals surface area contributed by atoms with Crippen molar-refractivity contribution in [1.82, 2.24) is 5.32 Å². The molecule has 348 valence electrons. The predicted octanol–water partition coefficient (Wildman–Crippen LogP) is 0.815. The number of hydrogen-bond donors (Lipinski definition) is 9. The number of allylic oxidation sites excluding steroid dienone is 1. The number of aliphatic hydroxyl groups is 8. The molecule has 0 aromatic carbocycles. The minimum Gasteiger partial charge on any atom is -0.394 e. The topological polar surface area (TPSA) is 238 Å². The van der Waals surface area contributed by atoms with E-state index in [1.54, 1.807) is 0 Å². The molecule has 9 aliphatic rings. The highest BCUT2D eigenvalue weighted by Crippen LogP contribution is 2.70. The van der Waals surface area contributed by atoms with Crippen molar-refractivity contribution in [1.29, 1.82) is 0 Å². The van der Waals surface area contributed by atoms with Gasteiger partial charge in [0, 0.05) is 12.5 Å². The summed E-state index contributed by atoms with van der Waals surface area (Å²) in [5, 5.41) is 89.8. The number of nitrogens with one attached hydrogen (secondary N) is 1. The summed E-state index contributed by atoms with van der Waals surface area (Å²) >= 11 is 0. The third-order valence-corrected chi connectivity index (χ3v) is 17.9. The Balaban J connectivity index is 0.916. The van der Waals surface area contributed by atoms with Gasteiger partial charge in [0.05, 0.1) is 31.0 Å². The van der Waals surface area contributed by atoms with Crippen LogP contribution in [0.5, 0.6) is 0 Å². The number of fused-ring (bicyclic) bond motifs is 7. The van der Waals surface area contributed by atoms with Crippen LogP contribution in [0, 0.1) is 46.3 Å². The molecule has 3 saturated carbocycles. The molecule has 1 spiro atoms. The molecule has 0 unspecified atom stereocenters. The van der Waals surface area contributed by atoms with Crippen LogP contribution in [0.25, 0.3) is 0 Å². The predicted molar refractivity (Wildman–Crippen MR) is 215 cm³/mol. The Kier molecular flexibility index (Phi) is 12.4. The van der Waals surface area contributed by atoms with Gasteiger partial charge >= 0.3 is 0 Å². The van der Waals surface area contributed by atoms with E-state index in [4.69, 9.17) is 33.2 Å². The maximum Gasteiger partial charge on any atom is 0.187 e. The lowest BCUT2D eigenvalue weighted by molar-refractivity contribution is -0.388. The van der Waals surface area contributed by atoms with Crippen molar-refractivity contribution in [2.75, 3.05) is 13.2 Å². The fourth-order valence-electron chi connectivity index (χ4n) is 14.2. The molecule has 0 bridgehead atoms. The third kappa shape index (κ3) is 7.42. The summed E-state index contributed by atoms with van der Waals surface area (Å²) in [6, 6.07) is 0. The van der Waals surface area contributed by atoms with E-state index in [-0.39, 0.29) is 22.7 Å². The van der Waals surface area contributed by atoms with Gasteiger partial charge in [-0.2, -0.15) is 0 Å². The molecular weight excluding hydrogens is 794 g/mol. The number of ether oxygens (including phenoxy) is 7. The van der Waals surface area contributed by atoms with Crippen molar-refractivity contribution in [3.8, 4) is 0 Å². The minimum atomic E-state index is -1.70. The van der Waals surface area contributed by atoms with Gasteiger partial charge in [0.2, 0.25) is 0 Å². The fraction of sp³-hybridized carbons (Fsp3) is 0.956. The summed E-state index contributed by atoms with van der Waals surface area (Å²) < 4.78 is 43.7. The van der Waals surface area contributed by atoms with Crippen molar-refractivity contribution in [2.45, 2.75) is 209 Å². The molecule has 16 heteroatoms. The molecule has 0 radical (unpaired) electrons. The summed E-state index contributed by atoms with van der Waals surface area (Å²) in [4.78, 5) is 0. The monoisotopic (exact) mass is 867 g/mol. The summed E-state index contributed by atoms with van der Waals surface area (Å²) in [7, 11) is 0. The average molecular weight is 868 g/mol. The van der Waals surface area contributed by atoms with E-state index in [0.717, 1.165) is 32.2 Å². The van der Waals surface area contributed by atoms with Crippen molar-refractivity contribution in [3.63, 3.8) is 0 Å². The van der Waals surface area contributed by atoms with Gasteiger partial charge < -0.3 is 74.0 Å². The van der Waals surface area contributed by atoms with Gasteiger partial charge in [-0.05, 0) is 112 Å². The highest BCUT2D eigenvalue weighted by molar-refractivity contribution is 5.26. The zero-order valence-corrected chi connectivity index (χ0v) is 36.6. The second kappa shape index (κ2) is 16.8. The number of rotatable bonds is 7. The smallest absolute Gasteiger partial charge is 0.187 e. The summed E-state index contributed by atoms with van der Waals surface area (Å²) in [5.41, 5.74) is 1.41. The molecule has 4 aliphatic carbocycles. The molecule has 5 saturated heterocycles. The van der Waals surface area contributed by atoms with Gasteiger partial charge in [-0.3, -0.25) is 5.32 Å². The van der Waals surface area contributed by atoms with Gasteiger partial charge in [-0.25, -0.2) is 0 Å². The molecule has 5 aliphatic heterocycles. The van der Waals surface area contributed by atoms with E-state index in [0.29, 0.717) is 54.5 Å². The SMILES string of the molecule is C[C@@H]1CC[C@]2(NC1)O[C@@H]1C[C@@H]3[C@H]4CC=C5C[C@@H](O[C@H]6O[C@@H](CO)[C@H](O[C@@H]7O[C@H](C)[C@H](O)[C@H](O)[C@@H]7O)[C@@H](O)[C@@H]6O[C@@H]6O[C@H](C)[C@@H](O)[C@H](O)[C@@H]6O)CC[C@@]5(C)[C@@H]4CC[C@@]3(C)[C@@H]1[C@H]2C. The van der Waals surface area contributed by atoms with Crippen LogP contribution in [0.4, 0.5) is 0 Å². The fourth-order valence-corrected chi connectivity index (χ4v) is 14.2. The zero-order valence-electron chi connectivity index (χ0n) is 36.6. The second-order valence-corrected chi connectivity index (χ2v) is 21.2. The molecule has 0 amide bonds. The standard InChI is InChI=1S/C45H73NO15/c1-19-9-14-45(46-17-19)20(2)30-28(61-45)16-27-25-8-7-23-15-24(10-12-43(23,5)26(25)11-13-44(27,30)6)57-42-39(60-41-36(53)34(51)32(49)22(4)56-41)37(54)38(29(18-47)58-42)59-40-35(52)33(50)31(48)21(3)55-40/h7,19-22,24-42,46-54H,8-18H2,1-6H3/t19-,20-,21-,22-,24+,25+,26-,27-,28-,29+,30-,31+,32-,33+,34+,35+,36+,37-,38+,39+,40+,41+,42+,43-,44-,45+/m1/s1. The van der Waals surface area contributed by atoms with Crippen LogP contribution in [0.1, 0.15) is 99.3 Å². The summed E-state index contributed by atoms with van der Waals surface area (Å²) in [6.07, 6.45) is -9.93. The summed E-state index contributed by atoms with van der Waals surface area (Å²) in [5.74, 6) is 3.43. The largest absolute Gasteiger partial charge is 0.394 e. The van der Waals surface area contributed by atoms with Gasteiger partial charge in [-0.1, -0.05) is 39.3 Å². The van der Waals surface area contributed by atoms with Crippen molar-refractivity contribution in [3.05, 3.63) is 11.6 Å². The Morgan fingerprint density at radius 1 is 0.705 bits per heavy atom. The van der Waals surface area contributed by atoms with Crippen molar-refractivity contribution < 1.29 is 74.0 Å². The lowest BCUT2D eigenvalue weighted by atomic mass is 9.47. The van der Waals surface area contributed by atoms with Crippen LogP contribution in [0.15, 0.2) is 11.6 Å². The molecular formula is C45H73NO15. The molecule has 9 rings (SSSR count). The number of aliphatic hydroxyl groups excluding tert-OH is 8. The first-order chi connectivity index (χ1) is 28.9. The lowest BCUT2D eigenvalue weighted by Gasteiger charge is -2.59. The number of hydrogen-bond acceptors (Lipinski definition) is 16. The Morgan fingerprint density at radius 2 is 1.36 bits per heavy atom. The second-order valence-electron chi connectivity index (χ2n) is 21.2. The average Bonchev–Trinajstić information content (AvgIpc) is 3.69. The molecule has 16 nitrogen and oxygen atoms in total. The van der Waals surface area contributed by atoms with E-state index in [1.807, 2.05) is 0 Å². The molecule has 0 aromatic heterocycles. The molecule has 5 heterocycles. The molecule has 0 aromatic rings. The van der Waals surface area contributed by atoms with E-state index in [1.165, 1.54) is 38.7 Å². The van der Waals surface area contributed by atoms with E-state index in [2.05, 4.69) is 39.1 Å². The Labute approximate surface area is 359 Å². The van der Waals surface area contributed by atoms with Gasteiger partial charge in [0.1, 0.15) is 66.8 Å². The first kappa shape index (κ1) is 45.3. The quantitative estimate of drug-likeness (QED) is 0.161. The molecule has 26 atom stereocenters. The van der Waals surface area contributed by atoms with Crippen LogP contribution in [0.3, 0.4) is 0 Å². The van der Waals surface area contributed by atoms with Gasteiger partial charge in [0.25, 0.3) is 0 Å². The third-order valence-electron chi connectivity index (χ3n) is 17.9. The summed E-state index contributed by atoms with van der Waals surface area (Å²) in [6.45, 7) is 13.2. The van der Waals surface area contributed by atoms with Crippen LogP contribution in [-0.4, -0.2) is 164 Å². The van der Waals surface area contributed by atoms with Crippen molar-refractivity contribution in [2.24, 2.45) is 46.3 Å². The minimum absolute atomic E-state index is 0.00472. The number of piperidine rings is 1. The molecule has 9 N–H and O–H groups in total. The normalized spacial score (nSPS) is 58.4. The first-order valence-electron chi connectivity index (χ1n) is 23.3. The Hall–Kier alpha value is -0.900.